The van der Waals surface area contributed by atoms with Crippen molar-refractivity contribution in [3.05, 3.63) is 48.0 Å². The van der Waals surface area contributed by atoms with Crippen LogP contribution in [0.2, 0.25) is 0 Å². The zero-order chi connectivity index (χ0) is 12.4. The normalized spacial score (nSPS) is 12.4. The van der Waals surface area contributed by atoms with Gasteiger partial charge in [0.1, 0.15) is 11.5 Å². The summed E-state index contributed by atoms with van der Waals surface area (Å²) in [5.74, 6) is 0.182. The predicted molar refractivity (Wildman–Crippen MR) is 65.8 cm³/mol. The molecule has 0 bridgehead atoms. The monoisotopic (exact) mass is 230 g/mol. The van der Waals surface area contributed by atoms with E-state index in [0.717, 1.165) is 0 Å². The standard InChI is InChI=1S/C14H14O3/c1-9(15)10-6-7-14(17)12(8-10)11-4-2-3-5-13(11)16/h2-9,15-17H,1H3/t9-/m0/s1. The summed E-state index contributed by atoms with van der Waals surface area (Å²) < 4.78 is 0. The molecule has 3 heteroatoms. The summed E-state index contributed by atoms with van der Waals surface area (Å²) in [6, 6.07) is 11.6. The van der Waals surface area contributed by atoms with Crippen LogP contribution in [0.25, 0.3) is 11.1 Å². The average molecular weight is 230 g/mol. The molecule has 0 heterocycles. The number of aromatic hydroxyl groups is 2. The third kappa shape index (κ3) is 2.24. The van der Waals surface area contributed by atoms with Crippen LogP contribution >= 0.6 is 0 Å². The van der Waals surface area contributed by atoms with Crippen molar-refractivity contribution in [2.75, 3.05) is 0 Å². The highest BCUT2D eigenvalue weighted by Gasteiger charge is 2.11. The second kappa shape index (κ2) is 4.47. The van der Waals surface area contributed by atoms with Gasteiger partial charge in [-0.2, -0.15) is 0 Å². The Balaban J connectivity index is 2.59. The third-order valence-corrected chi connectivity index (χ3v) is 2.70. The molecule has 3 N–H and O–H groups in total. The van der Waals surface area contributed by atoms with E-state index >= 15 is 0 Å². The maximum absolute atomic E-state index is 9.80. The molecule has 0 aliphatic carbocycles. The summed E-state index contributed by atoms with van der Waals surface area (Å²) in [6.45, 7) is 1.65. The van der Waals surface area contributed by atoms with Crippen LogP contribution in [0.4, 0.5) is 0 Å². The number of phenols is 2. The molecule has 2 rings (SSSR count). The number of rotatable bonds is 2. The van der Waals surface area contributed by atoms with Crippen LogP contribution in [-0.2, 0) is 0 Å². The SMILES string of the molecule is C[C@H](O)c1ccc(O)c(-c2ccccc2O)c1. The first kappa shape index (κ1) is 11.5. The minimum absolute atomic E-state index is 0.0795. The summed E-state index contributed by atoms with van der Waals surface area (Å²) in [6.07, 6.45) is -0.611. The van der Waals surface area contributed by atoms with E-state index in [1.807, 2.05) is 0 Å². The van der Waals surface area contributed by atoms with Crippen molar-refractivity contribution < 1.29 is 15.3 Å². The molecule has 2 aromatic rings. The van der Waals surface area contributed by atoms with E-state index in [1.54, 1.807) is 43.3 Å². The van der Waals surface area contributed by atoms with Crippen LogP contribution in [-0.4, -0.2) is 15.3 Å². The topological polar surface area (TPSA) is 60.7 Å². The van der Waals surface area contributed by atoms with Crippen LogP contribution in [0.3, 0.4) is 0 Å². The molecule has 0 aliphatic rings. The lowest BCUT2D eigenvalue weighted by atomic mass is 9.99. The van der Waals surface area contributed by atoms with E-state index in [9.17, 15) is 15.3 Å². The molecule has 0 fully saturated rings. The Kier molecular flexibility index (Phi) is 3.02. The molecular formula is C14H14O3. The fraction of sp³-hybridized carbons (Fsp3) is 0.143. The Bertz CT molecular complexity index is 533. The average Bonchev–Trinajstić information content (AvgIpc) is 2.30. The maximum atomic E-state index is 9.80. The van der Waals surface area contributed by atoms with Gasteiger partial charge in [-0.05, 0) is 30.7 Å². The summed E-state index contributed by atoms with van der Waals surface area (Å²) in [5, 5.41) is 29.1. The molecule has 17 heavy (non-hydrogen) atoms. The minimum atomic E-state index is -0.611. The third-order valence-electron chi connectivity index (χ3n) is 2.70. The van der Waals surface area contributed by atoms with Gasteiger partial charge in [-0.3, -0.25) is 0 Å². The summed E-state index contributed by atoms with van der Waals surface area (Å²) in [7, 11) is 0. The molecule has 3 nitrogen and oxygen atoms in total. The van der Waals surface area contributed by atoms with Crippen molar-refractivity contribution in [3.63, 3.8) is 0 Å². The Morgan fingerprint density at radius 2 is 1.53 bits per heavy atom. The maximum Gasteiger partial charge on any atom is 0.123 e. The van der Waals surface area contributed by atoms with Gasteiger partial charge in [-0.15, -0.1) is 0 Å². The quantitative estimate of drug-likeness (QED) is 0.743. The van der Waals surface area contributed by atoms with Gasteiger partial charge >= 0.3 is 0 Å². The number of aliphatic hydroxyl groups is 1. The molecule has 0 aromatic heterocycles. The highest BCUT2D eigenvalue weighted by atomic mass is 16.3. The van der Waals surface area contributed by atoms with E-state index < -0.39 is 6.10 Å². The van der Waals surface area contributed by atoms with Gasteiger partial charge in [-0.25, -0.2) is 0 Å². The zero-order valence-corrected chi connectivity index (χ0v) is 9.46. The van der Waals surface area contributed by atoms with Crippen molar-refractivity contribution in [1.29, 1.82) is 0 Å². The highest BCUT2D eigenvalue weighted by Crippen LogP contribution is 2.36. The van der Waals surface area contributed by atoms with Crippen LogP contribution < -0.4 is 0 Å². The number of benzene rings is 2. The highest BCUT2D eigenvalue weighted by molar-refractivity contribution is 5.75. The first-order valence-corrected chi connectivity index (χ1v) is 5.39. The second-order valence-corrected chi connectivity index (χ2v) is 3.97. The Morgan fingerprint density at radius 3 is 2.18 bits per heavy atom. The van der Waals surface area contributed by atoms with E-state index in [0.29, 0.717) is 16.7 Å². The lowest BCUT2D eigenvalue weighted by Gasteiger charge is -2.11. The van der Waals surface area contributed by atoms with E-state index in [1.165, 1.54) is 6.07 Å². The van der Waals surface area contributed by atoms with Crippen molar-refractivity contribution in [2.24, 2.45) is 0 Å². The molecule has 0 saturated carbocycles. The lowest BCUT2D eigenvalue weighted by Crippen LogP contribution is -1.91. The summed E-state index contributed by atoms with van der Waals surface area (Å²) in [4.78, 5) is 0. The molecule has 0 aliphatic heterocycles. The van der Waals surface area contributed by atoms with Crippen molar-refractivity contribution in [3.8, 4) is 22.6 Å². The number of para-hydroxylation sites is 1. The number of aliphatic hydroxyl groups excluding tert-OH is 1. The van der Waals surface area contributed by atoms with Crippen LogP contribution in [0.1, 0.15) is 18.6 Å². The van der Waals surface area contributed by atoms with Crippen LogP contribution in [0.5, 0.6) is 11.5 Å². The van der Waals surface area contributed by atoms with Crippen molar-refractivity contribution in [1.82, 2.24) is 0 Å². The van der Waals surface area contributed by atoms with Gasteiger partial charge in [0.25, 0.3) is 0 Å². The molecule has 1 atom stereocenters. The molecule has 0 radical (unpaired) electrons. The molecule has 0 unspecified atom stereocenters. The molecule has 0 spiro atoms. The fourth-order valence-electron chi connectivity index (χ4n) is 1.73. The minimum Gasteiger partial charge on any atom is -0.507 e. The molecule has 0 saturated heterocycles. The Morgan fingerprint density at radius 1 is 0.882 bits per heavy atom. The van der Waals surface area contributed by atoms with E-state index in [2.05, 4.69) is 0 Å². The van der Waals surface area contributed by atoms with Gasteiger partial charge in [0.15, 0.2) is 0 Å². The predicted octanol–water partition coefficient (Wildman–Crippen LogP) is 2.82. The van der Waals surface area contributed by atoms with Crippen LogP contribution in [0.15, 0.2) is 42.5 Å². The van der Waals surface area contributed by atoms with Crippen molar-refractivity contribution in [2.45, 2.75) is 13.0 Å². The number of hydrogen-bond donors (Lipinski definition) is 3. The summed E-state index contributed by atoms with van der Waals surface area (Å²) >= 11 is 0. The second-order valence-electron chi connectivity index (χ2n) is 3.97. The lowest BCUT2D eigenvalue weighted by molar-refractivity contribution is 0.199. The van der Waals surface area contributed by atoms with Crippen molar-refractivity contribution >= 4 is 0 Å². The van der Waals surface area contributed by atoms with Crippen LogP contribution in [0, 0.1) is 0 Å². The Labute approximate surface area is 99.6 Å². The van der Waals surface area contributed by atoms with Gasteiger partial charge in [0.05, 0.1) is 6.10 Å². The molecule has 88 valence electrons. The van der Waals surface area contributed by atoms with Gasteiger partial charge in [-0.1, -0.05) is 24.3 Å². The summed E-state index contributed by atoms with van der Waals surface area (Å²) in [5.41, 5.74) is 1.76. The molecular weight excluding hydrogens is 216 g/mol. The fourth-order valence-corrected chi connectivity index (χ4v) is 1.73. The number of hydrogen-bond acceptors (Lipinski definition) is 3. The first-order chi connectivity index (χ1) is 8.09. The first-order valence-electron chi connectivity index (χ1n) is 5.39. The zero-order valence-electron chi connectivity index (χ0n) is 9.46. The van der Waals surface area contributed by atoms with Gasteiger partial charge < -0.3 is 15.3 Å². The molecule has 0 amide bonds. The van der Waals surface area contributed by atoms with Gasteiger partial charge in [0, 0.05) is 11.1 Å². The smallest absolute Gasteiger partial charge is 0.123 e. The van der Waals surface area contributed by atoms with E-state index in [-0.39, 0.29) is 11.5 Å². The van der Waals surface area contributed by atoms with E-state index in [4.69, 9.17) is 0 Å². The molecule has 2 aromatic carbocycles. The Hall–Kier alpha value is -2.00. The largest absolute Gasteiger partial charge is 0.507 e. The van der Waals surface area contributed by atoms with Gasteiger partial charge in [0.2, 0.25) is 0 Å². The number of phenolic OH excluding ortho intramolecular Hbond substituents is 2.